The highest BCUT2D eigenvalue weighted by Gasteiger charge is 1.91. The molecule has 0 saturated carbocycles. The van der Waals surface area contributed by atoms with E-state index in [1.807, 2.05) is 0 Å². The van der Waals surface area contributed by atoms with Crippen LogP contribution in [0.25, 0.3) is 0 Å². The smallest absolute Gasteiger partial charge is 0.116 e. The Balaban J connectivity index is 3.55. The second-order valence-electron chi connectivity index (χ2n) is 1.19. The number of rotatable bonds is 1. The third kappa shape index (κ3) is 1.86. The lowest BCUT2D eigenvalue weighted by Gasteiger charge is -2.01. The lowest BCUT2D eigenvalue weighted by Crippen LogP contribution is -2.14. The van der Waals surface area contributed by atoms with Gasteiger partial charge in [-0.1, -0.05) is 0 Å². The molecule has 0 aromatic heterocycles. The number of nitroso groups, excluding NO2 is 1. The second kappa shape index (κ2) is 2.28. The molecule has 4 nitrogen and oxygen atoms in total. The van der Waals surface area contributed by atoms with Crippen molar-refractivity contribution in [2.45, 2.75) is 6.92 Å². The minimum Gasteiger partial charge on any atom is -0.287 e. The molecule has 0 aromatic rings. The quantitative estimate of drug-likeness (QED) is 0.227. The van der Waals surface area contributed by atoms with Crippen molar-refractivity contribution in [3.05, 3.63) is 4.91 Å². The molecule has 7 heavy (non-hydrogen) atoms. The van der Waals surface area contributed by atoms with E-state index in [0.717, 1.165) is 5.01 Å². The van der Waals surface area contributed by atoms with Gasteiger partial charge in [0, 0.05) is 7.05 Å². The average molecular weight is 101 g/mol. The molecule has 40 valence electrons. The highest BCUT2D eigenvalue weighted by Crippen LogP contribution is 1.79. The molecule has 0 rings (SSSR count). The summed E-state index contributed by atoms with van der Waals surface area (Å²) in [7, 11) is 1.43. The molecular weight excluding hydrogens is 94.1 g/mol. The number of amidine groups is 1. The number of hydrogen-bond acceptors (Lipinski definition) is 3. The van der Waals surface area contributed by atoms with Crippen LogP contribution in [0.5, 0.6) is 0 Å². The van der Waals surface area contributed by atoms with Crippen molar-refractivity contribution in [1.82, 2.24) is 5.01 Å². The lowest BCUT2D eigenvalue weighted by molar-refractivity contribution is 0.529. The van der Waals surface area contributed by atoms with Crippen LogP contribution in [0.1, 0.15) is 6.92 Å². The van der Waals surface area contributed by atoms with Gasteiger partial charge in [-0.15, -0.1) is 4.91 Å². The molecule has 0 unspecified atom stereocenters. The molecule has 0 aliphatic heterocycles. The average Bonchev–Trinajstić information content (AvgIpc) is 1.65. The van der Waals surface area contributed by atoms with Crippen molar-refractivity contribution >= 4 is 5.84 Å². The van der Waals surface area contributed by atoms with E-state index in [1.54, 1.807) is 0 Å². The van der Waals surface area contributed by atoms with E-state index in [1.165, 1.54) is 14.0 Å². The van der Waals surface area contributed by atoms with Gasteiger partial charge in [0.15, 0.2) is 0 Å². The fourth-order valence-corrected chi connectivity index (χ4v) is 0.0612. The molecule has 0 bridgehead atoms. The molecule has 0 aliphatic carbocycles. The van der Waals surface area contributed by atoms with Crippen LogP contribution in [0.3, 0.4) is 0 Å². The summed E-state index contributed by atoms with van der Waals surface area (Å²) < 4.78 is 0. The molecular formula is C3H7N3O. The number of hydrogen-bond donors (Lipinski definition) is 1. The van der Waals surface area contributed by atoms with Gasteiger partial charge in [0.1, 0.15) is 5.84 Å². The van der Waals surface area contributed by atoms with Crippen LogP contribution in [0.4, 0.5) is 0 Å². The standard InChI is InChI=1S/C3H7N3O/c1-3(4)6(2)5-7/h4H,1-2H3. The van der Waals surface area contributed by atoms with E-state index in [4.69, 9.17) is 5.41 Å². The molecule has 0 aromatic carbocycles. The molecule has 4 heteroatoms. The van der Waals surface area contributed by atoms with Crippen molar-refractivity contribution in [2.75, 3.05) is 7.05 Å². The van der Waals surface area contributed by atoms with E-state index in [2.05, 4.69) is 5.29 Å². The summed E-state index contributed by atoms with van der Waals surface area (Å²) in [6, 6.07) is 0. The molecule has 0 spiro atoms. The molecule has 1 N–H and O–H groups in total. The first-order chi connectivity index (χ1) is 3.18. The monoisotopic (exact) mass is 101 g/mol. The fraction of sp³-hybridized carbons (Fsp3) is 0.667. The van der Waals surface area contributed by atoms with Crippen LogP contribution in [-0.2, 0) is 0 Å². The van der Waals surface area contributed by atoms with E-state index in [0.29, 0.717) is 0 Å². The van der Waals surface area contributed by atoms with Crippen LogP contribution in [-0.4, -0.2) is 17.9 Å². The Bertz CT molecular complexity index is 90.2. The molecule has 0 saturated heterocycles. The van der Waals surface area contributed by atoms with Gasteiger partial charge < -0.3 is 0 Å². The molecule has 0 amide bonds. The highest BCUT2D eigenvalue weighted by atomic mass is 16.3. The van der Waals surface area contributed by atoms with E-state index >= 15 is 0 Å². The Hall–Kier alpha value is -0.930. The van der Waals surface area contributed by atoms with Gasteiger partial charge in [-0.2, -0.15) is 0 Å². The summed E-state index contributed by atoms with van der Waals surface area (Å²) in [6.45, 7) is 1.49. The first-order valence-corrected chi connectivity index (χ1v) is 1.80. The minimum atomic E-state index is 0.148. The van der Waals surface area contributed by atoms with Crippen molar-refractivity contribution < 1.29 is 0 Å². The van der Waals surface area contributed by atoms with Crippen LogP contribution in [0, 0.1) is 10.3 Å². The zero-order valence-electron chi connectivity index (χ0n) is 4.30. The first-order valence-electron chi connectivity index (χ1n) is 1.80. The Morgan fingerprint density at radius 2 is 2.29 bits per heavy atom. The maximum absolute atomic E-state index is 9.48. The zero-order chi connectivity index (χ0) is 5.86. The van der Waals surface area contributed by atoms with Crippen LogP contribution in [0.15, 0.2) is 5.29 Å². The summed E-state index contributed by atoms with van der Waals surface area (Å²) >= 11 is 0. The van der Waals surface area contributed by atoms with Gasteiger partial charge in [-0.25, -0.2) is 5.01 Å². The molecule has 0 atom stereocenters. The minimum absolute atomic E-state index is 0.148. The maximum atomic E-state index is 9.48. The topological polar surface area (TPSA) is 56.5 Å². The van der Waals surface area contributed by atoms with Crippen LogP contribution >= 0.6 is 0 Å². The number of nitrogens with zero attached hydrogens (tertiary/aromatic N) is 2. The zero-order valence-corrected chi connectivity index (χ0v) is 4.30. The fourth-order valence-electron chi connectivity index (χ4n) is 0.0612. The third-order valence-electron chi connectivity index (χ3n) is 0.608. The van der Waals surface area contributed by atoms with E-state index < -0.39 is 0 Å². The molecule has 0 fully saturated rings. The van der Waals surface area contributed by atoms with Crippen LogP contribution < -0.4 is 0 Å². The summed E-state index contributed by atoms with van der Waals surface area (Å²) in [6.07, 6.45) is 0. The first kappa shape index (κ1) is 6.07. The summed E-state index contributed by atoms with van der Waals surface area (Å²) in [5.41, 5.74) is 0. The van der Waals surface area contributed by atoms with Crippen molar-refractivity contribution in [3.8, 4) is 0 Å². The van der Waals surface area contributed by atoms with Crippen LogP contribution in [0.2, 0.25) is 0 Å². The van der Waals surface area contributed by atoms with Gasteiger partial charge in [-0.3, -0.25) is 5.41 Å². The third-order valence-corrected chi connectivity index (χ3v) is 0.608. The van der Waals surface area contributed by atoms with Gasteiger partial charge in [-0.05, 0) is 6.92 Å². The van der Waals surface area contributed by atoms with Gasteiger partial charge in [0.25, 0.3) is 0 Å². The van der Waals surface area contributed by atoms with E-state index in [-0.39, 0.29) is 5.84 Å². The maximum Gasteiger partial charge on any atom is 0.116 e. The molecule has 0 aliphatic rings. The van der Waals surface area contributed by atoms with Crippen molar-refractivity contribution in [3.63, 3.8) is 0 Å². The Labute approximate surface area is 41.6 Å². The van der Waals surface area contributed by atoms with Crippen molar-refractivity contribution in [1.29, 1.82) is 5.41 Å². The van der Waals surface area contributed by atoms with Gasteiger partial charge in [0.05, 0.1) is 5.29 Å². The predicted molar refractivity (Wildman–Crippen MR) is 27.0 cm³/mol. The van der Waals surface area contributed by atoms with Gasteiger partial charge >= 0.3 is 0 Å². The van der Waals surface area contributed by atoms with Gasteiger partial charge in [0.2, 0.25) is 0 Å². The Morgan fingerprint density at radius 1 is 1.86 bits per heavy atom. The largest absolute Gasteiger partial charge is 0.287 e. The molecule has 0 heterocycles. The van der Waals surface area contributed by atoms with Crippen molar-refractivity contribution in [2.24, 2.45) is 5.29 Å². The normalized spacial score (nSPS) is 7.71. The SMILES string of the molecule is CC(=N)N(C)N=O. The summed E-state index contributed by atoms with van der Waals surface area (Å²) in [4.78, 5) is 9.48. The number of nitrogens with one attached hydrogen (secondary N) is 1. The summed E-state index contributed by atoms with van der Waals surface area (Å²) in [5.74, 6) is 0.148. The predicted octanol–water partition coefficient (Wildman–Crippen LogP) is 0.597. The highest BCUT2D eigenvalue weighted by molar-refractivity contribution is 5.75. The Morgan fingerprint density at radius 3 is 2.29 bits per heavy atom. The van der Waals surface area contributed by atoms with E-state index in [9.17, 15) is 4.91 Å². The Kier molecular flexibility index (Phi) is 1.98. The molecule has 0 radical (unpaired) electrons. The summed E-state index contributed by atoms with van der Waals surface area (Å²) in [5, 5.41) is 10.1. The second-order valence-corrected chi connectivity index (χ2v) is 1.19. The lowest BCUT2D eigenvalue weighted by atomic mass is 10.7.